The van der Waals surface area contributed by atoms with Gasteiger partial charge in [0.15, 0.2) is 0 Å². The molecule has 0 saturated carbocycles. The van der Waals surface area contributed by atoms with Gasteiger partial charge in [-0.1, -0.05) is 0 Å². The van der Waals surface area contributed by atoms with Crippen LogP contribution in [-0.4, -0.2) is 11.1 Å². The van der Waals surface area contributed by atoms with Gasteiger partial charge in [-0.3, -0.25) is 0 Å². The molecule has 0 atom stereocenters. The average molecular weight is 168 g/mol. The quantitative estimate of drug-likeness (QED) is 0.697. The van der Waals surface area contributed by atoms with Crippen LogP contribution in [0, 0.1) is 19.7 Å². The summed E-state index contributed by atoms with van der Waals surface area (Å²) >= 11 is 0. The predicted octanol–water partition coefficient (Wildman–Crippen LogP) is 2.14. The van der Waals surface area contributed by atoms with Gasteiger partial charge in [0, 0.05) is 0 Å². The van der Waals surface area contributed by atoms with Crippen LogP contribution in [-0.2, 0) is 0 Å². The smallest absolute Gasteiger partial charge is 0.335 e. The molecular formula is C9H9FO2. The first kappa shape index (κ1) is 8.71. The molecule has 0 fully saturated rings. The van der Waals surface area contributed by atoms with Gasteiger partial charge in [-0.05, 0) is 37.1 Å². The second kappa shape index (κ2) is 2.93. The molecule has 0 heterocycles. The van der Waals surface area contributed by atoms with Gasteiger partial charge in [-0.25, -0.2) is 9.18 Å². The number of halogens is 1. The first-order chi connectivity index (χ1) is 5.52. The van der Waals surface area contributed by atoms with Crippen molar-refractivity contribution in [2.45, 2.75) is 13.8 Å². The topological polar surface area (TPSA) is 37.3 Å². The molecule has 1 N–H and O–H groups in total. The number of carboxylic acids is 1. The highest BCUT2D eigenvalue weighted by Crippen LogP contribution is 2.14. The predicted molar refractivity (Wildman–Crippen MR) is 42.8 cm³/mol. The van der Waals surface area contributed by atoms with Crippen molar-refractivity contribution in [2.24, 2.45) is 0 Å². The van der Waals surface area contributed by atoms with Gasteiger partial charge >= 0.3 is 5.97 Å². The average Bonchev–Trinajstić information content (AvgIpc) is 1.99. The molecule has 3 heteroatoms. The van der Waals surface area contributed by atoms with Crippen molar-refractivity contribution in [2.75, 3.05) is 0 Å². The third-order valence-electron chi connectivity index (χ3n) is 1.85. The normalized spacial score (nSPS) is 9.92. The van der Waals surface area contributed by atoms with Crippen molar-refractivity contribution in [3.63, 3.8) is 0 Å². The molecule has 1 aromatic carbocycles. The molecule has 0 unspecified atom stereocenters. The Morgan fingerprint density at radius 2 is 2.00 bits per heavy atom. The molecule has 0 aromatic heterocycles. The lowest BCUT2D eigenvalue weighted by Gasteiger charge is -2.02. The summed E-state index contributed by atoms with van der Waals surface area (Å²) < 4.78 is 12.9. The zero-order valence-electron chi connectivity index (χ0n) is 6.89. The number of aryl methyl sites for hydroxylation is 1. The van der Waals surface area contributed by atoms with Crippen LogP contribution in [0.15, 0.2) is 12.1 Å². The maximum atomic E-state index is 12.9. The number of carbonyl (C=O) groups is 1. The van der Waals surface area contributed by atoms with Crippen molar-refractivity contribution in [1.82, 2.24) is 0 Å². The number of carboxylic acid groups (broad SMARTS) is 1. The number of hydrogen-bond donors (Lipinski definition) is 1. The largest absolute Gasteiger partial charge is 0.478 e. The van der Waals surface area contributed by atoms with Crippen molar-refractivity contribution in [1.29, 1.82) is 0 Å². The summed E-state index contributed by atoms with van der Waals surface area (Å²) in [5.41, 5.74) is 1.16. The van der Waals surface area contributed by atoms with Gasteiger partial charge in [0.05, 0.1) is 5.56 Å². The van der Waals surface area contributed by atoms with Gasteiger partial charge in [0.25, 0.3) is 0 Å². The molecule has 1 aromatic rings. The zero-order valence-corrected chi connectivity index (χ0v) is 6.89. The third kappa shape index (κ3) is 1.44. The molecule has 12 heavy (non-hydrogen) atoms. The van der Waals surface area contributed by atoms with E-state index in [1.54, 1.807) is 13.8 Å². The number of benzene rings is 1. The Balaban J connectivity index is 3.31. The fraction of sp³-hybridized carbons (Fsp3) is 0.222. The summed E-state index contributed by atoms with van der Waals surface area (Å²) in [5.74, 6) is -1.57. The molecule has 0 aliphatic heterocycles. The van der Waals surface area contributed by atoms with Crippen LogP contribution in [0.4, 0.5) is 4.39 Å². The van der Waals surface area contributed by atoms with E-state index in [4.69, 9.17) is 5.11 Å². The molecule has 0 spiro atoms. The molecular weight excluding hydrogens is 159 g/mol. The minimum absolute atomic E-state index is 0.00407. The number of hydrogen-bond acceptors (Lipinski definition) is 1. The van der Waals surface area contributed by atoms with Crippen LogP contribution in [0.25, 0.3) is 0 Å². The molecule has 2 nitrogen and oxygen atoms in total. The Hall–Kier alpha value is -1.38. The fourth-order valence-corrected chi connectivity index (χ4v) is 0.940. The number of rotatable bonds is 1. The van der Waals surface area contributed by atoms with Crippen LogP contribution in [0.3, 0.4) is 0 Å². The van der Waals surface area contributed by atoms with E-state index >= 15 is 0 Å². The first-order valence-corrected chi connectivity index (χ1v) is 3.52. The molecule has 0 aliphatic rings. The van der Waals surface area contributed by atoms with E-state index in [1.807, 2.05) is 0 Å². The van der Waals surface area contributed by atoms with E-state index in [2.05, 4.69) is 0 Å². The van der Waals surface area contributed by atoms with Crippen LogP contribution < -0.4 is 0 Å². The molecule has 0 bridgehead atoms. The van der Waals surface area contributed by atoms with E-state index in [-0.39, 0.29) is 5.56 Å². The van der Waals surface area contributed by atoms with Gasteiger partial charge in [-0.2, -0.15) is 0 Å². The Morgan fingerprint density at radius 1 is 1.42 bits per heavy atom. The van der Waals surface area contributed by atoms with E-state index in [0.29, 0.717) is 11.1 Å². The lowest BCUT2D eigenvalue weighted by Crippen LogP contribution is -1.99. The molecule has 0 saturated heterocycles. The van der Waals surface area contributed by atoms with Gasteiger partial charge in [0.2, 0.25) is 0 Å². The third-order valence-corrected chi connectivity index (χ3v) is 1.85. The molecule has 0 radical (unpaired) electrons. The number of aromatic carboxylic acids is 1. The second-order valence-electron chi connectivity index (χ2n) is 2.71. The molecule has 1 rings (SSSR count). The monoisotopic (exact) mass is 168 g/mol. The minimum Gasteiger partial charge on any atom is -0.478 e. The summed E-state index contributed by atoms with van der Waals surface area (Å²) in [6.45, 7) is 3.31. The Kier molecular flexibility index (Phi) is 2.13. The molecule has 0 aliphatic carbocycles. The minimum atomic E-state index is -1.10. The van der Waals surface area contributed by atoms with Gasteiger partial charge in [-0.15, -0.1) is 0 Å². The highest BCUT2D eigenvalue weighted by atomic mass is 19.1. The Labute approximate surface area is 69.6 Å². The van der Waals surface area contributed by atoms with Crippen LogP contribution in [0.1, 0.15) is 21.5 Å². The van der Waals surface area contributed by atoms with Gasteiger partial charge < -0.3 is 5.11 Å². The van der Waals surface area contributed by atoms with Crippen molar-refractivity contribution in [3.05, 3.63) is 34.6 Å². The maximum absolute atomic E-state index is 12.9. The maximum Gasteiger partial charge on any atom is 0.335 e. The van der Waals surface area contributed by atoms with Crippen molar-refractivity contribution >= 4 is 5.97 Å². The summed E-state index contributed by atoms with van der Waals surface area (Å²) in [5, 5.41) is 8.56. The standard InChI is InChI=1S/C9H9FO2/c1-5-3-7(9(11)12)4-8(10)6(5)2/h3-4H,1-2H3,(H,11,12). The van der Waals surface area contributed by atoms with E-state index in [1.165, 1.54) is 6.07 Å². The molecule has 64 valence electrons. The summed E-state index contributed by atoms with van der Waals surface area (Å²) in [6, 6.07) is 2.49. The summed E-state index contributed by atoms with van der Waals surface area (Å²) in [4.78, 5) is 10.5. The summed E-state index contributed by atoms with van der Waals surface area (Å²) in [6.07, 6.45) is 0. The molecule has 0 amide bonds. The van der Waals surface area contributed by atoms with Crippen LogP contribution in [0.5, 0.6) is 0 Å². The Morgan fingerprint density at radius 3 is 2.42 bits per heavy atom. The lowest BCUT2D eigenvalue weighted by atomic mass is 10.1. The van der Waals surface area contributed by atoms with Crippen molar-refractivity contribution in [3.8, 4) is 0 Å². The zero-order chi connectivity index (χ0) is 9.30. The van der Waals surface area contributed by atoms with Gasteiger partial charge in [0.1, 0.15) is 5.82 Å². The Bertz CT molecular complexity index is 308. The lowest BCUT2D eigenvalue weighted by molar-refractivity contribution is 0.0696. The SMILES string of the molecule is Cc1cc(C(=O)O)cc(F)c1C. The van der Waals surface area contributed by atoms with E-state index < -0.39 is 11.8 Å². The highest BCUT2D eigenvalue weighted by molar-refractivity contribution is 5.87. The van der Waals surface area contributed by atoms with Crippen molar-refractivity contribution < 1.29 is 14.3 Å². The summed E-state index contributed by atoms with van der Waals surface area (Å²) in [7, 11) is 0. The highest BCUT2D eigenvalue weighted by Gasteiger charge is 2.08. The van der Waals surface area contributed by atoms with E-state index in [0.717, 1.165) is 6.07 Å². The van der Waals surface area contributed by atoms with Crippen LogP contribution in [0.2, 0.25) is 0 Å². The van der Waals surface area contributed by atoms with Crippen LogP contribution >= 0.6 is 0 Å². The van der Waals surface area contributed by atoms with E-state index in [9.17, 15) is 9.18 Å². The fourth-order valence-electron chi connectivity index (χ4n) is 0.940. The first-order valence-electron chi connectivity index (χ1n) is 3.52. The second-order valence-corrected chi connectivity index (χ2v) is 2.71.